The Morgan fingerprint density at radius 1 is 1.18 bits per heavy atom. The average Bonchev–Trinajstić information content (AvgIpc) is 2.46. The quantitative estimate of drug-likeness (QED) is 0.852. The Kier molecular flexibility index (Phi) is 4.58. The molecular weight excluding hydrogens is 309 g/mol. The smallest absolute Gasteiger partial charge is 0.238 e. The first kappa shape index (κ1) is 16.1. The fraction of sp³-hybridized carbons (Fsp3) is 0.133. The van der Waals surface area contributed by atoms with E-state index in [1.165, 1.54) is 43.5 Å². The third-order valence-corrected chi connectivity index (χ3v) is 4.02. The average molecular weight is 323 g/mol. The third kappa shape index (κ3) is 3.69. The fourth-order valence-electron chi connectivity index (χ4n) is 1.92. The highest BCUT2D eigenvalue weighted by atomic mass is 32.2. The summed E-state index contributed by atoms with van der Waals surface area (Å²) >= 11 is 0. The topological polar surface area (TPSA) is 86.5 Å². The van der Waals surface area contributed by atoms with Crippen molar-refractivity contribution < 1.29 is 22.3 Å². The molecule has 0 heterocycles. The number of carbonyl (C=O) groups is 1. The molecule has 2 aromatic carbocycles. The molecular formula is C15H14FNO4S. The lowest BCUT2D eigenvalue weighted by atomic mass is 10.0. The van der Waals surface area contributed by atoms with E-state index in [0.717, 1.165) is 6.07 Å². The normalized spacial score (nSPS) is 11.2. The molecule has 0 bridgehead atoms. The van der Waals surface area contributed by atoms with Gasteiger partial charge in [-0.05, 0) is 35.9 Å². The van der Waals surface area contributed by atoms with E-state index >= 15 is 0 Å². The molecule has 0 amide bonds. The van der Waals surface area contributed by atoms with Gasteiger partial charge in [-0.15, -0.1) is 0 Å². The number of nitrogens with two attached hydrogens (primary N) is 1. The van der Waals surface area contributed by atoms with Crippen LogP contribution in [0.3, 0.4) is 0 Å². The maximum atomic E-state index is 13.6. The number of sulfonamides is 1. The van der Waals surface area contributed by atoms with Crippen LogP contribution in [0.1, 0.15) is 15.9 Å². The number of Topliss-reactive ketones (excluding diaryl/α,β-unsaturated/α-hetero) is 1. The number of ketones is 1. The molecule has 2 N–H and O–H groups in total. The number of halogens is 1. The van der Waals surface area contributed by atoms with Gasteiger partial charge in [0, 0.05) is 12.0 Å². The van der Waals surface area contributed by atoms with Crippen molar-refractivity contribution in [1.82, 2.24) is 0 Å². The van der Waals surface area contributed by atoms with Gasteiger partial charge in [-0.25, -0.2) is 17.9 Å². The summed E-state index contributed by atoms with van der Waals surface area (Å²) < 4.78 is 40.6. The number of methoxy groups -OCH3 is 1. The molecule has 0 fully saturated rings. The molecule has 0 spiro atoms. The van der Waals surface area contributed by atoms with Gasteiger partial charge in [0.05, 0.1) is 12.0 Å². The maximum Gasteiger partial charge on any atom is 0.238 e. The van der Waals surface area contributed by atoms with Crippen molar-refractivity contribution in [2.75, 3.05) is 7.11 Å². The van der Waals surface area contributed by atoms with Crippen LogP contribution in [0.5, 0.6) is 5.75 Å². The molecule has 0 atom stereocenters. The van der Waals surface area contributed by atoms with Crippen molar-refractivity contribution in [3.63, 3.8) is 0 Å². The lowest BCUT2D eigenvalue weighted by molar-refractivity contribution is 0.0992. The van der Waals surface area contributed by atoms with E-state index in [0.29, 0.717) is 5.56 Å². The van der Waals surface area contributed by atoms with Crippen molar-refractivity contribution in [3.8, 4) is 5.75 Å². The molecule has 0 aliphatic heterocycles. The molecule has 2 rings (SSSR count). The van der Waals surface area contributed by atoms with E-state index in [1.54, 1.807) is 0 Å². The summed E-state index contributed by atoms with van der Waals surface area (Å²) in [6.45, 7) is 0. The van der Waals surface area contributed by atoms with E-state index < -0.39 is 15.8 Å². The van der Waals surface area contributed by atoms with Crippen LogP contribution in [-0.4, -0.2) is 21.3 Å². The van der Waals surface area contributed by atoms with E-state index in [4.69, 9.17) is 9.88 Å². The highest BCUT2D eigenvalue weighted by Crippen LogP contribution is 2.19. The Hall–Kier alpha value is -2.25. The maximum absolute atomic E-state index is 13.6. The molecule has 0 radical (unpaired) electrons. The minimum absolute atomic E-state index is 0.0245. The van der Waals surface area contributed by atoms with Crippen LogP contribution >= 0.6 is 0 Å². The number of primary sulfonamides is 1. The lowest BCUT2D eigenvalue weighted by Gasteiger charge is -2.05. The number of hydrogen-bond donors (Lipinski definition) is 1. The van der Waals surface area contributed by atoms with Crippen LogP contribution in [0, 0.1) is 5.82 Å². The number of benzene rings is 2. The van der Waals surface area contributed by atoms with E-state index in [9.17, 15) is 17.6 Å². The zero-order chi connectivity index (χ0) is 16.3. The minimum atomic E-state index is -3.76. The molecule has 22 heavy (non-hydrogen) atoms. The summed E-state index contributed by atoms with van der Waals surface area (Å²) in [5.41, 5.74) is 0.822. The minimum Gasteiger partial charge on any atom is -0.494 e. The van der Waals surface area contributed by atoms with Gasteiger partial charge < -0.3 is 4.74 Å². The van der Waals surface area contributed by atoms with Crippen LogP contribution in [-0.2, 0) is 16.4 Å². The summed E-state index contributed by atoms with van der Waals surface area (Å²) in [5.74, 6) is -0.836. The Morgan fingerprint density at radius 2 is 1.82 bits per heavy atom. The molecule has 0 aliphatic carbocycles. The zero-order valence-electron chi connectivity index (χ0n) is 11.7. The summed E-state index contributed by atoms with van der Waals surface area (Å²) in [5, 5.41) is 4.99. The van der Waals surface area contributed by atoms with E-state index in [1.807, 2.05) is 0 Å². The molecule has 0 saturated carbocycles. The Labute approximate surface area is 127 Å². The van der Waals surface area contributed by atoms with Crippen LogP contribution in [0.2, 0.25) is 0 Å². The van der Waals surface area contributed by atoms with Crippen LogP contribution in [0.15, 0.2) is 47.4 Å². The van der Waals surface area contributed by atoms with Gasteiger partial charge in [-0.1, -0.05) is 12.1 Å². The predicted octanol–water partition coefficient (Wildman–Crippen LogP) is 1.91. The second kappa shape index (κ2) is 6.25. The van der Waals surface area contributed by atoms with Gasteiger partial charge in [-0.2, -0.15) is 0 Å². The second-order valence-electron chi connectivity index (χ2n) is 4.64. The van der Waals surface area contributed by atoms with Gasteiger partial charge in [0.1, 0.15) is 0 Å². The molecule has 0 saturated heterocycles. The highest BCUT2D eigenvalue weighted by molar-refractivity contribution is 7.89. The largest absolute Gasteiger partial charge is 0.494 e. The van der Waals surface area contributed by atoms with Crippen molar-refractivity contribution >= 4 is 15.8 Å². The monoisotopic (exact) mass is 323 g/mol. The first-order chi connectivity index (χ1) is 10.3. The van der Waals surface area contributed by atoms with Crippen molar-refractivity contribution in [3.05, 3.63) is 59.4 Å². The van der Waals surface area contributed by atoms with Crippen LogP contribution < -0.4 is 9.88 Å². The van der Waals surface area contributed by atoms with Gasteiger partial charge in [0.15, 0.2) is 17.3 Å². The van der Waals surface area contributed by atoms with Gasteiger partial charge in [-0.3, -0.25) is 4.79 Å². The number of rotatable bonds is 5. The van der Waals surface area contributed by atoms with Crippen molar-refractivity contribution in [2.24, 2.45) is 5.14 Å². The summed E-state index contributed by atoms with van der Waals surface area (Å²) in [6.07, 6.45) is 0.0245. The number of carbonyl (C=O) groups excluding carboxylic acids is 1. The van der Waals surface area contributed by atoms with Crippen LogP contribution in [0.25, 0.3) is 0 Å². The Bertz CT molecular complexity index is 801. The van der Waals surface area contributed by atoms with E-state index in [2.05, 4.69) is 0 Å². The summed E-state index contributed by atoms with van der Waals surface area (Å²) in [4.78, 5) is 12.1. The molecule has 116 valence electrons. The van der Waals surface area contributed by atoms with E-state index in [-0.39, 0.29) is 28.4 Å². The highest BCUT2D eigenvalue weighted by Gasteiger charge is 2.12. The standard InChI is InChI=1S/C15H14FNO4S/c1-21-15-7-4-11(9-13(15)16)14(18)8-10-2-5-12(6-3-10)22(17,19)20/h2-7,9H,8H2,1H3,(H2,17,19,20). The Balaban J connectivity index is 2.17. The third-order valence-electron chi connectivity index (χ3n) is 3.09. The first-order valence-electron chi connectivity index (χ1n) is 6.30. The lowest BCUT2D eigenvalue weighted by Crippen LogP contribution is -2.12. The first-order valence-corrected chi connectivity index (χ1v) is 7.84. The zero-order valence-corrected chi connectivity index (χ0v) is 12.6. The molecule has 7 heteroatoms. The van der Waals surface area contributed by atoms with Gasteiger partial charge >= 0.3 is 0 Å². The molecule has 0 aromatic heterocycles. The van der Waals surface area contributed by atoms with Crippen LogP contribution in [0.4, 0.5) is 4.39 Å². The molecule has 0 unspecified atom stereocenters. The van der Waals surface area contributed by atoms with Gasteiger partial charge in [0.25, 0.3) is 0 Å². The number of ether oxygens (including phenoxy) is 1. The number of hydrogen-bond acceptors (Lipinski definition) is 4. The van der Waals surface area contributed by atoms with Crippen molar-refractivity contribution in [1.29, 1.82) is 0 Å². The molecule has 5 nitrogen and oxygen atoms in total. The predicted molar refractivity (Wildman–Crippen MR) is 78.8 cm³/mol. The molecule has 2 aromatic rings. The van der Waals surface area contributed by atoms with Crippen molar-refractivity contribution in [2.45, 2.75) is 11.3 Å². The summed E-state index contributed by atoms with van der Waals surface area (Å²) in [7, 11) is -2.42. The van der Waals surface area contributed by atoms with Gasteiger partial charge in [0.2, 0.25) is 10.0 Å². The SMILES string of the molecule is COc1ccc(C(=O)Cc2ccc(S(N)(=O)=O)cc2)cc1F. The Morgan fingerprint density at radius 3 is 2.32 bits per heavy atom. The fourth-order valence-corrected chi connectivity index (χ4v) is 2.44. The summed E-state index contributed by atoms with van der Waals surface area (Å²) in [6, 6.07) is 9.61. The molecule has 0 aliphatic rings. The second-order valence-corrected chi connectivity index (χ2v) is 6.20.